The zero-order chi connectivity index (χ0) is 13.0. The van der Waals surface area contributed by atoms with E-state index in [2.05, 4.69) is 5.32 Å². The zero-order valence-corrected chi connectivity index (χ0v) is 10.6. The molecule has 0 heterocycles. The van der Waals surface area contributed by atoms with E-state index in [0.717, 1.165) is 31.7 Å². The number of ether oxygens (including phenoxy) is 1. The summed E-state index contributed by atoms with van der Waals surface area (Å²) in [5.41, 5.74) is 0.392. The molecule has 18 heavy (non-hydrogen) atoms. The quantitative estimate of drug-likeness (QED) is 0.893. The average Bonchev–Trinajstić information content (AvgIpc) is 2.40. The highest BCUT2D eigenvalue weighted by Crippen LogP contribution is 2.21. The van der Waals surface area contributed by atoms with Crippen LogP contribution in [0.25, 0.3) is 0 Å². The maximum absolute atomic E-state index is 13.4. The molecule has 1 aromatic rings. The monoisotopic (exact) mass is 255 g/mol. The van der Waals surface area contributed by atoms with Crippen LogP contribution < -0.4 is 5.32 Å². The van der Waals surface area contributed by atoms with Gasteiger partial charge in [0.2, 0.25) is 0 Å². The Balaban J connectivity index is 1.83. The van der Waals surface area contributed by atoms with Crippen molar-refractivity contribution >= 4 is 0 Å². The highest BCUT2D eigenvalue weighted by molar-refractivity contribution is 5.18. The molecule has 0 amide bonds. The van der Waals surface area contributed by atoms with E-state index < -0.39 is 5.82 Å². The maximum Gasteiger partial charge on any atom is 0.127 e. The summed E-state index contributed by atoms with van der Waals surface area (Å²) in [7, 11) is 1.74. The molecule has 4 heteroatoms. The summed E-state index contributed by atoms with van der Waals surface area (Å²) in [5, 5.41) is 3.29. The van der Waals surface area contributed by atoms with Gasteiger partial charge in [-0.25, -0.2) is 8.78 Å². The van der Waals surface area contributed by atoms with Crippen LogP contribution in [-0.2, 0) is 11.3 Å². The SMILES string of the molecule is COC1CCC(NCc2cc(F)ccc2F)CC1. The normalized spacial score (nSPS) is 24.2. The Kier molecular flexibility index (Phi) is 4.66. The van der Waals surface area contributed by atoms with Crippen molar-refractivity contribution in [2.75, 3.05) is 7.11 Å². The zero-order valence-electron chi connectivity index (χ0n) is 10.6. The molecule has 0 spiro atoms. The van der Waals surface area contributed by atoms with Crippen LogP contribution in [-0.4, -0.2) is 19.3 Å². The van der Waals surface area contributed by atoms with Crippen molar-refractivity contribution in [1.82, 2.24) is 5.32 Å². The Morgan fingerprint density at radius 2 is 1.94 bits per heavy atom. The molecule has 1 fully saturated rings. The second-order valence-corrected chi connectivity index (χ2v) is 4.83. The minimum absolute atomic E-state index is 0.352. The van der Waals surface area contributed by atoms with Gasteiger partial charge in [-0.3, -0.25) is 0 Å². The number of halogens is 2. The van der Waals surface area contributed by atoms with E-state index in [-0.39, 0.29) is 5.82 Å². The molecule has 0 atom stereocenters. The third-order valence-corrected chi connectivity index (χ3v) is 3.60. The molecule has 1 N–H and O–H groups in total. The van der Waals surface area contributed by atoms with E-state index in [4.69, 9.17) is 4.74 Å². The summed E-state index contributed by atoms with van der Waals surface area (Å²) < 4.78 is 31.7. The highest BCUT2D eigenvalue weighted by atomic mass is 19.1. The van der Waals surface area contributed by atoms with Crippen LogP contribution in [0, 0.1) is 11.6 Å². The molecule has 0 saturated heterocycles. The highest BCUT2D eigenvalue weighted by Gasteiger charge is 2.20. The molecule has 1 aliphatic rings. The van der Waals surface area contributed by atoms with Crippen LogP contribution in [0.4, 0.5) is 8.78 Å². The summed E-state index contributed by atoms with van der Waals surface area (Å²) in [6.45, 7) is 0.381. The lowest BCUT2D eigenvalue weighted by Gasteiger charge is -2.28. The van der Waals surface area contributed by atoms with Crippen molar-refractivity contribution in [1.29, 1.82) is 0 Å². The van der Waals surface area contributed by atoms with Crippen molar-refractivity contribution in [3.05, 3.63) is 35.4 Å². The van der Waals surface area contributed by atoms with Gasteiger partial charge in [0.15, 0.2) is 0 Å². The van der Waals surface area contributed by atoms with Gasteiger partial charge in [-0.1, -0.05) is 0 Å². The lowest BCUT2D eigenvalue weighted by atomic mass is 9.93. The van der Waals surface area contributed by atoms with Gasteiger partial charge < -0.3 is 10.1 Å². The van der Waals surface area contributed by atoms with Crippen molar-refractivity contribution in [3.63, 3.8) is 0 Å². The largest absolute Gasteiger partial charge is 0.381 e. The predicted octanol–water partition coefficient (Wildman–Crippen LogP) is 3.01. The van der Waals surface area contributed by atoms with Gasteiger partial charge in [-0.2, -0.15) is 0 Å². The second-order valence-electron chi connectivity index (χ2n) is 4.83. The summed E-state index contributed by atoms with van der Waals surface area (Å²) in [6, 6.07) is 3.94. The first-order valence-electron chi connectivity index (χ1n) is 6.39. The van der Waals surface area contributed by atoms with Gasteiger partial charge >= 0.3 is 0 Å². The first kappa shape index (κ1) is 13.4. The Bertz CT molecular complexity index is 389. The van der Waals surface area contributed by atoms with Crippen LogP contribution in [0.1, 0.15) is 31.2 Å². The molecule has 1 saturated carbocycles. The number of hydrogen-bond acceptors (Lipinski definition) is 2. The third kappa shape index (κ3) is 3.50. The molecular weight excluding hydrogens is 236 g/mol. The summed E-state index contributed by atoms with van der Waals surface area (Å²) in [4.78, 5) is 0. The summed E-state index contributed by atoms with van der Waals surface area (Å²) in [5.74, 6) is -0.745. The fourth-order valence-electron chi connectivity index (χ4n) is 2.44. The topological polar surface area (TPSA) is 21.3 Å². The summed E-state index contributed by atoms with van der Waals surface area (Å²) in [6.07, 6.45) is 4.46. The molecule has 0 unspecified atom stereocenters. The molecule has 0 aliphatic heterocycles. The molecule has 0 aromatic heterocycles. The molecule has 100 valence electrons. The number of benzene rings is 1. The van der Waals surface area contributed by atoms with E-state index in [9.17, 15) is 8.78 Å². The Hall–Kier alpha value is -1.00. The predicted molar refractivity (Wildman–Crippen MR) is 66.3 cm³/mol. The number of hydrogen-bond donors (Lipinski definition) is 1. The Morgan fingerprint density at radius 1 is 1.22 bits per heavy atom. The van der Waals surface area contributed by atoms with Crippen molar-refractivity contribution in [2.45, 2.75) is 44.4 Å². The lowest BCUT2D eigenvalue weighted by molar-refractivity contribution is 0.0623. The standard InChI is InChI=1S/C14H19F2NO/c1-18-13-5-3-12(4-6-13)17-9-10-8-11(15)2-7-14(10)16/h2,7-8,12-13,17H,3-6,9H2,1H3. The minimum Gasteiger partial charge on any atom is -0.381 e. The van der Waals surface area contributed by atoms with Crippen LogP contribution in [0.15, 0.2) is 18.2 Å². The molecule has 2 rings (SSSR count). The van der Waals surface area contributed by atoms with Crippen LogP contribution in [0.2, 0.25) is 0 Å². The van der Waals surface area contributed by atoms with Gasteiger partial charge in [0.05, 0.1) is 6.10 Å². The van der Waals surface area contributed by atoms with Crippen molar-refractivity contribution in [2.24, 2.45) is 0 Å². The molecular formula is C14H19F2NO. The molecule has 0 radical (unpaired) electrons. The fourth-order valence-corrected chi connectivity index (χ4v) is 2.44. The Labute approximate surface area is 106 Å². The first-order chi connectivity index (χ1) is 8.69. The Morgan fingerprint density at radius 3 is 2.61 bits per heavy atom. The maximum atomic E-state index is 13.4. The van der Waals surface area contributed by atoms with Crippen molar-refractivity contribution < 1.29 is 13.5 Å². The number of nitrogens with one attached hydrogen (secondary N) is 1. The van der Waals surface area contributed by atoms with Crippen LogP contribution in [0.3, 0.4) is 0 Å². The molecule has 2 nitrogen and oxygen atoms in total. The number of methoxy groups -OCH3 is 1. The lowest BCUT2D eigenvalue weighted by Crippen LogP contribution is -2.34. The average molecular weight is 255 g/mol. The van der Waals surface area contributed by atoms with Gasteiger partial charge in [-0.05, 0) is 43.9 Å². The van der Waals surface area contributed by atoms with E-state index in [1.54, 1.807) is 7.11 Å². The minimum atomic E-state index is -0.392. The number of rotatable bonds is 4. The molecule has 1 aliphatic carbocycles. The van der Waals surface area contributed by atoms with Crippen LogP contribution in [0.5, 0.6) is 0 Å². The van der Waals surface area contributed by atoms with E-state index in [0.29, 0.717) is 24.3 Å². The van der Waals surface area contributed by atoms with Gasteiger partial charge in [-0.15, -0.1) is 0 Å². The van der Waals surface area contributed by atoms with Gasteiger partial charge in [0.1, 0.15) is 11.6 Å². The smallest absolute Gasteiger partial charge is 0.127 e. The second kappa shape index (κ2) is 6.25. The van der Waals surface area contributed by atoms with E-state index in [1.807, 2.05) is 0 Å². The first-order valence-corrected chi connectivity index (χ1v) is 6.39. The van der Waals surface area contributed by atoms with Gasteiger partial charge in [0.25, 0.3) is 0 Å². The van der Waals surface area contributed by atoms with Crippen molar-refractivity contribution in [3.8, 4) is 0 Å². The summed E-state index contributed by atoms with van der Waals surface area (Å²) >= 11 is 0. The van der Waals surface area contributed by atoms with E-state index >= 15 is 0 Å². The molecule has 0 bridgehead atoms. The van der Waals surface area contributed by atoms with Gasteiger partial charge in [0, 0.05) is 25.3 Å². The van der Waals surface area contributed by atoms with E-state index in [1.165, 1.54) is 12.1 Å². The molecule has 1 aromatic carbocycles. The van der Waals surface area contributed by atoms with Crippen LogP contribution >= 0.6 is 0 Å². The fraction of sp³-hybridized carbons (Fsp3) is 0.571. The third-order valence-electron chi connectivity index (χ3n) is 3.60.